The van der Waals surface area contributed by atoms with Crippen molar-refractivity contribution in [2.45, 2.75) is 66.3 Å². The highest BCUT2D eigenvalue weighted by Gasteiger charge is 2.59. The first-order valence-corrected chi connectivity index (χ1v) is 9.60. The summed E-state index contributed by atoms with van der Waals surface area (Å²) in [6.07, 6.45) is 5.44. The van der Waals surface area contributed by atoms with Crippen molar-refractivity contribution in [3.8, 4) is 0 Å². The summed E-state index contributed by atoms with van der Waals surface area (Å²) >= 11 is 0. The van der Waals surface area contributed by atoms with E-state index in [1.54, 1.807) is 0 Å². The summed E-state index contributed by atoms with van der Waals surface area (Å²) in [7, 11) is 0. The van der Waals surface area contributed by atoms with Crippen molar-refractivity contribution < 1.29 is 4.74 Å². The number of guanidine groups is 1. The van der Waals surface area contributed by atoms with Crippen LogP contribution in [0.4, 0.5) is 0 Å². The topological polar surface area (TPSA) is 63.5 Å². The normalized spacial score (nSPS) is 27.9. The van der Waals surface area contributed by atoms with Crippen LogP contribution in [0, 0.1) is 17.3 Å². The van der Waals surface area contributed by atoms with E-state index in [1.165, 1.54) is 0 Å². The highest BCUT2D eigenvalue weighted by atomic mass is 16.5. The standard InChI is InChI=1S/C19H33N5O/c1-6-20-18(22-11-15-21-8-9-24(15)12-13(2)3)23-16-14-7-10-25-17(14)19(16,4)5/h8-9,13-14,16-17H,6-7,10-12H2,1-5H3,(H2,20,22,23). The summed E-state index contributed by atoms with van der Waals surface area (Å²) in [6.45, 7) is 14.4. The van der Waals surface area contributed by atoms with E-state index in [4.69, 9.17) is 9.73 Å². The molecule has 6 nitrogen and oxygen atoms in total. The maximum atomic E-state index is 5.90. The van der Waals surface area contributed by atoms with Crippen LogP contribution in [0.3, 0.4) is 0 Å². The van der Waals surface area contributed by atoms with Gasteiger partial charge in [-0.25, -0.2) is 9.98 Å². The van der Waals surface area contributed by atoms with Crippen LogP contribution < -0.4 is 10.6 Å². The van der Waals surface area contributed by atoms with Gasteiger partial charge in [-0.05, 0) is 19.3 Å². The van der Waals surface area contributed by atoms with Crippen LogP contribution >= 0.6 is 0 Å². The molecule has 1 saturated carbocycles. The number of imidazole rings is 1. The van der Waals surface area contributed by atoms with Gasteiger partial charge in [0.1, 0.15) is 12.4 Å². The molecule has 140 valence electrons. The Morgan fingerprint density at radius 3 is 3.00 bits per heavy atom. The third-order valence-electron chi connectivity index (χ3n) is 5.48. The summed E-state index contributed by atoms with van der Waals surface area (Å²) in [4.78, 5) is 9.27. The number of fused-ring (bicyclic) bond motifs is 1. The first-order valence-electron chi connectivity index (χ1n) is 9.60. The minimum atomic E-state index is 0.146. The summed E-state index contributed by atoms with van der Waals surface area (Å²) in [5.41, 5.74) is 0.146. The molecule has 0 radical (unpaired) electrons. The fourth-order valence-corrected chi connectivity index (χ4v) is 4.29. The molecule has 2 fully saturated rings. The van der Waals surface area contributed by atoms with Gasteiger partial charge in [0.2, 0.25) is 0 Å². The predicted molar refractivity (Wildman–Crippen MR) is 100 cm³/mol. The summed E-state index contributed by atoms with van der Waals surface area (Å²) in [6, 6.07) is 0.410. The minimum absolute atomic E-state index is 0.146. The Balaban J connectivity index is 1.67. The second kappa shape index (κ2) is 7.36. The molecule has 0 spiro atoms. The molecule has 2 N–H and O–H groups in total. The van der Waals surface area contributed by atoms with E-state index in [1.807, 2.05) is 12.4 Å². The number of ether oxygens (including phenoxy) is 1. The molecule has 3 unspecified atom stereocenters. The summed E-state index contributed by atoms with van der Waals surface area (Å²) in [5, 5.41) is 7.04. The smallest absolute Gasteiger partial charge is 0.191 e. The van der Waals surface area contributed by atoms with Gasteiger partial charge in [0.15, 0.2) is 5.96 Å². The fourth-order valence-electron chi connectivity index (χ4n) is 4.29. The predicted octanol–water partition coefficient (Wildman–Crippen LogP) is 2.41. The number of hydrogen-bond acceptors (Lipinski definition) is 3. The summed E-state index contributed by atoms with van der Waals surface area (Å²) in [5.74, 6) is 3.09. The number of aromatic nitrogens is 2. The van der Waals surface area contributed by atoms with Crippen LogP contribution in [0.1, 0.15) is 46.9 Å². The zero-order valence-corrected chi connectivity index (χ0v) is 16.2. The molecule has 1 saturated heterocycles. The molecule has 1 aliphatic carbocycles. The molecule has 2 heterocycles. The molecular formula is C19H33N5O. The number of aliphatic imine (C=N–C) groups is 1. The van der Waals surface area contributed by atoms with E-state index >= 15 is 0 Å². The lowest BCUT2D eigenvalue weighted by Gasteiger charge is -2.54. The molecule has 3 atom stereocenters. The summed E-state index contributed by atoms with van der Waals surface area (Å²) < 4.78 is 8.10. The molecule has 1 aliphatic heterocycles. The van der Waals surface area contributed by atoms with Gasteiger partial charge in [-0.3, -0.25) is 0 Å². The molecule has 6 heteroatoms. The van der Waals surface area contributed by atoms with E-state index in [0.29, 0.717) is 30.5 Å². The average Bonchev–Trinajstić information content (AvgIpc) is 3.17. The highest BCUT2D eigenvalue weighted by Crippen LogP contribution is 2.52. The van der Waals surface area contributed by atoms with Gasteiger partial charge >= 0.3 is 0 Å². The lowest BCUT2D eigenvalue weighted by molar-refractivity contribution is -0.106. The van der Waals surface area contributed by atoms with Crippen LogP contribution in [-0.2, 0) is 17.8 Å². The van der Waals surface area contributed by atoms with E-state index in [9.17, 15) is 0 Å². The zero-order valence-electron chi connectivity index (χ0n) is 16.2. The third kappa shape index (κ3) is 3.68. The Morgan fingerprint density at radius 2 is 2.28 bits per heavy atom. The van der Waals surface area contributed by atoms with Gasteiger partial charge in [-0.15, -0.1) is 0 Å². The van der Waals surface area contributed by atoms with Gasteiger partial charge in [-0.1, -0.05) is 27.7 Å². The van der Waals surface area contributed by atoms with Crippen molar-refractivity contribution in [3.05, 3.63) is 18.2 Å². The molecule has 2 aliphatic rings. The maximum absolute atomic E-state index is 5.90. The Morgan fingerprint density at radius 1 is 1.48 bits per heavy atom. The Labute approximate surface area is 151 Å². The SMILES string of the molecule is CCNC(=NCc1nccn1CC(C)C)NC1C2CCOC2C1(C)C. The molecule has 3 rings (SSSR count). The van der Waals surface area contributed by atoms with Crippen molar-refractivity contribution in [2.24, 2.45) is 22.2 Å². The molecule has 25 heavy (non-hydrogen) atoms. The Bertz CT molecular complexity index is 607. The molecular weight excluding hydrogens is 314 g/mol. The van der Waals surface area contributed by atoms with Crippen molar-refractivity contribution >= 4 is 5.96 Å². The van der Waals surface area contributed by atoms with Gasteiger partial charge in [-0.2, -0.15) is 0 Å². The molecule has 1 aromatic rings. The van der Waals surface area contributed by atoms with Crippen LogP contribution in [0.5, 0.6) is 0 Å². The highest BCUT2D eigenvalue weighted by molar-refractivity contribution is 5.80. The van der Waals surface area contributed by atoms with E-state index in [0.717, 1.165) is 37.9 Å². The number of nitrogens with one attached hydrogen (secondary N) is 2. The fraction of sp³-hybridized carbons (Fsp3) is 0.789. The largest absolute Gasteiger partial charge is 0.377 e. The van der Waals surface area contributed by atoms with Gasteiger partial charge < -0.3 is 19.9 Å². The van der Waals surface area contributed by atoms with E-state index in [2.05, 4.69) is 54.8 Å². The van der Waals surface area contributed by atoms with Crippen molar-refractivity contribution in [1.82, 2.24) is 20.2 Å². The van der Waals surface area contributed by atoms with Crippen molar-refractivity contribution in [2.75, 3.05) is 13.2 Å². The van der Waals surface area contributed by atoms with Gasteiger partial charge in [0.05, 0.1) is 6.10 Å². The second-order valence-electron chi connectivity index (χ2n) is 8.27. The third-order valence-corrected chi connectivity index (χ3v) is 5.48. The first-order chi connectivity index (χ1) is 11.9. The van der Waals surface area contributed by atoms with Gasteiger partial charge in [0.25, 0.3) is 0 Å². The number of nitrogens with zero attached hydrogens (tertiary/aromatic N) is 3. The van der Waals surface area contributed by atoms with Crippen LogP contribution in [0.15, 0.2) is 17.4 Å². The second-order valence-corrected chi connectivity index (χ2v) is 8.27. The first kappa shape index (κ1) is 18.2. The average molecular weight is 348 g/mol. The van der Waals surface area contributed by atoms with E-state index in [-0.39, 0.29) is 5.41 Å². The molecule has 1 aromatic heterocycles. The van der Waals surface area contributed by atoms with Crippen LogP contribution in [0.25, 0.3) is 0 Å². The lowest BCUT2D eigenvalue weighted by atomic mass is 9.57. The Hall–Kier alpha value is -1.56. The number of rotatable bonds is 6. The van der Waals surface area contributed by atoms with Crippen LogP contribution in [-0.4, -0.2) is 40.8 Å². The molecule has 0 amide bonds. The molecule has 0 bridgehead atoms. The van der Waals surface area contributed by atoms with Crippen LogP contribution in [0.2, 0.25) is 0 Å². The molecule has 0 aromatic carbocycles. The quantitative estimate of drug-likeness (QED) is 0.613. The maximum Gasteiger partial charge on any atom is 0.191 e. The zero-order chi connectivity index (χ0) is 18.0. The Kier molecular flexibility index (Phi) is 5.37. The van der Waals surface area contributed by atoms with E-state index < -0.39 is 0 Å². The lowest BCUT2D eigenvalue weighted by Crippen LogP contribution is -2.67. The van der Waals surface area contributed by atoms with Crippen molar-refractivity contribution in [1.29, 1.82) is 0 Å². The van der Waals surface area contributed by atoms with Gasteiger partial charge in [0, 0.05) is 49.5 Å². The number of hydrogen-bond donors (Lipinski definition) is 2. The van der Waals surface area contributed by atoms with Crippen molar-refractivity contribution in [3.63, 3.8) is 0 Å². The monoisotopic (exact) mass is 347 g/mol. The minimum Gasteiger partial charge on any atom is -0.377 e.